The third kappa shape index (κ3) is 5.09. The highest BCUT2D eigenvalue weighted by Gasteiger charge is 2.33. The first-order valence-electron chi connectivity index (χ1n) is 9.02. The van der Waals surface area contributed by atoms with Crippen molar-refractivity contribution in [3.63, 3.8) is 0 Å². The molecular weight excluding hydrogens is 387 g/mol. The summed E-state index contributed by atoms with van der Waals surface area (Å²) in [4.78, 5) is 9.53. The number of benzene rings is 1. The molecule has 5 nitrogen and oxygen atoms in total. The number of halogens is 3. The number of piperidine rings is 1. The second kappa shape index (κ2) is 8.30. The van der Waals surface area contributed by atoms with Gasteiger partial charge in [-0.2, -0.15) is 13.2 Å². The molecule has 1 saturated heterocycles. The number of nitrogens with zero attached hydrogens (tertiary/aromatic N) is 3. The molecule has 1 aliphatic heterocycles. The molecule has 0 amide bonds. The highest BCUT2D eigenvalue weighted by Crippen LogP contribution is 2.28. The average Bonchev–Trinajstić information content (AvgIpc) is 2.64. The molecule has 2 aromatic rings. The monoisotopic (exact) mass is 409 g/mol. The maximum Gasteiger partial charge on any atom is 0.433 e. The van der Waals surface area contributed by atoms with Gasteiger partial charge in [0.1, 0.15) is 5.69 Å². The molecule has 150 valence electrons. The third-order valence-electron chi connectivity index (χ3n) is 4.68. The Morgan fingerprint density at radius 1 is 1.18 bits per heavy atom. The van der Waals surface area contributed by atoms with Gasteiger partial charge in [-0.3, -0.25) is 0 Å². The molecule has 2 N–H and O–H groups in total. The van der Waals surface area contributed by atoms with Crippen LogP contribution >= 0.6 is 12.2 Å². The number of nitrogens with one attached hydrogen (secondary N) is 2. The van der Waals surface area contributed by atoms with Crippen molar-refractivity contribution in [2.45, 2.75) is 38.9 Å². The van der Waals surface area contributed by atoms with E-state index in [9.17, 15) is 13.2 Å². The maximum absolute atomic E-state index is 12.8. The Morgan fingerprint density at radius 3 is 2.54 bits per heavy atom. The average molecular weight is 409 g/mol. The SMILES string of the molecule is Cc1ccc(NC(=S)N2CCC(Nc3nccc(C(F)(F)F)n3)CC2)c(C)c1. The van der Waals surface area contributed by atoms with E-state index in [4.69, 9.17) is 12.2 Å². The first-order chi connectivity index (χ1) is 13.2. The van der Waals surface area contributed by atoms with Gasteiger partial charge in [-0.25, -0.2) is 9.97 Å². The summed E-state index contributed by atoms with van der Waals surface area (Å²) in [6.07, 6.45) is -1.90. The van der Waals surface area contributed by atoms with Crippen molar-refractivity contribution in [2.24, 2.45) is 0 Å². The van der Waals surface area contributed by atoms with Crippen LogP contribution in [0.1, 0.15) is 29.7 Å². The van der Waals surface area contributed by atoms with E-state index in [0.717, 1.165) is 36.4 Å². The van der Waals surface area contributed by atoms with Gasteiger partial charge in [0, 0.05) is 31.0 Å². The van der Waals surface area contributed by atoms with Gasteiger partial charge in [-0.1, -0.05) is 17.7 Å². The number of alkyl halides is 3. The standard InChI is InChI=1S/C19H22F3N5S/c1-12-3-4-15(13(2)11-12)25-18(28)27-9-6-14(7-10-27)24-17-23-8-5-16(26-17)19(20,21)22/h3-5,8,11,14H,6-7,9-10H2,1-2H3,(H,25,28)(H,23,24,26). The Morgan fingerprint density at radius 2 is 1.89 bits per heavy atom. The molecule has 0 radical (unpaired) electrons. The van der Waals surface area contributed by atoms with E-state index in [1.54, 1.807) is 0 Å². The predicted octanol–water partition coefficient (Wildman–Crippen LogP) is 4.39. The van der Waals surface area contributed by atoms with E-state index in [1.165, 1.54) is 5.56 Å². The third-order valence-corrected chi connectivity index (χ3v) is 5.05. The Balaban J connectivity index is 1.54. The van der Waals surface area contributed by atoms with Crippen molar-refractivity contribution in [1.29, 1.82) is 0 Å². The van der Waals surface area contributed by atoms with Crippen molar-refractivity contribution in [1.82, 2.24) is 14.9 Å². The number of hydrogen-bond donors (Lipinski definition) is 2. The minimum Gasteiger partial charge on any atom is -0.351 e. The van der Waals surface area contributed by atoms with Crippen LogP contribution in [0.3, 0.4) is 0 Å². The molecule has 1 aromatic heterocycles. The fraction of sp³-hybridized carbons (Fsp3) is 0.421. The number of thiocarbonyl (C=S) groups is 1. The van der Waals surface area contributed by atoms with Gasteiger partial charge >= 0.3 is 6.18 Å². The highest BCUT2D eigenvalue weighted by atomic mass is 32.1. The van der Waals surface area contributed by atoms with Crippen LogP contribution in [0.5, 0.6) is 0 Å². The summed E-state index contributed by atoms with van der Waals surface area (Å²) in [7, 11) is 0. The van der Waals surface area contributed by atoms with E-state index in [2.05, 4.69) is 31.6 Å². The van der Waals surface area contributed by atoms with E-state index in [0.29, 0.717) is 18.2 Å². The van der Waals surface area contributed by atoms with Crippen molar-refractivity contribution >= 4 is 29.0 Å². The Labute approximate surface area is 167 Å². The normalized spacial score (nSPS) is 15.4. The molecule has 0 bridgehead atoms. The fourth-order valence-corrected chi connectivity index (χ4v) is 3.44. The molecule has 28 heavy (non-hydrogen) atoms. The van der Waals surface area contributed by atoms with Crippen LogP contribution in [-0.2, 0) is 6.18 Å². The lowest BCUT2D eigenvalue weighted by Crippen LogP contribution is -2.44. The summed E-state index contributed by atoms with van der Waals surface area (Å²) >= 11 is 5.52. The second-order valence-corrected chi connectivity index (χ2v) is 7.30. The molecule has 0 atom stereocenters. The Hall–Kier alpha value is -2.42. The second-order valence-electron chi connectivity index (χ2n) is 6.92. The number of hydrogen-bond acceptors (Lipinski definition) is 4. The van der Waals surface area contributed by atoms with Crippen LogP contribution in [0.25, 0.3) is 0 Å². The zero-order valence-electron chi connectivity index (χ0n) is 15.7. The van der Waals surface area contributed by atoms with E-state index < -0.39 is 11.9 Å². The lowest BCUT2D eigenvalue weighted by atomic mass is 10.1. The topological polar surface area (TPSA) is 53.1 Å². The highest BCUT2D eigenvalue weighted by molar-refractivity contribution is 7.80. The van der Waals surface area contributed by atoms with E-state index in [-0.39, 0.29) is 12.0 Å². The zero-order valence-corrected chi connectivity index (χ0v) is 16.5. The summed E-state index contributed by atoms with van der Waals surface area (Å²) in [5.74, 6) is 0.00394. The first-order valence-corrected chi connectivity index (χ1v) is 9.43. The molecule has 3 rings (SSSR count). The lowest BCUT2D eigenvalue weighted by molar-refractivity contribution is -0.141. The lowest BCUT2D eigenvalue weighted by Gasteiger charge is -2.34. The van der Waals surface area contributed by atoms with Crippen molar-refractivity contribution in [2.75, 3.05) is 23.7 Å². The predicted molar refractivity (Wildman–Crippen MR) is 107 cm³/mol. The van der Waals surface area contributed by atoms with Gasteiger partial charge in [0.15, 0.2) is 5.11 Å². The van der Waals surface area contributed by atoms with Crippen molar-refractivity contribution in [3.8, 4) is 0 Å². The van der Waals surface area contributed by atoms with Crippen molar-refractivity contribution in [3.05, 3.63) is 47.3 Å². The van der Waals surface area contributed by atoms with Crippen LogP contribution in [0, 0.1) is 13.8 Å². The summed E-state index contributed by atoms with van der Waals surface area (Å²) < 4.78 is 38.3. The molecule has 0 unspecified atom stereocenters. The van der Waals surface area contributed by atoms with Gasteiger partial charge in [0.25, 0.3) is 0 Å². The van der Waals surface area contributed by atoms with Crippen LogP contribution in [0.4, 0.5) is 24.8 Å². The Kier molecular flexibility index (Phi) is 6.02. The number of rotatable bonds is 3. The molecule has 1 fully saturated rings. The maximum atomic E-state index is 12.8. The van der Waals surface area contributed by atoms with Crippen LogP contribution < -0.4 is 10.6 Å². The quantitative estimate of drug-likeness (QED) is 0.734. The largest absolute Gasteiger partial charge is 0.433 e. The smallest absolute Gasteiger partial charge is 0.351 e. The summed E-state index contributed by atoms with van der Waals surface area (Å²) in [6.45, 7) is 5.48. The zero-order chi connectivity index (χ0) is 20.3. The van der Waals surface area contributed by atoms with Gasteiger partial charge in [-0.05, 0) is 56.6 Å². The summed E-state index contributed by atoms with van der Waals surface area (Å²) in [5.41, 5.74) is 2.35. The van der Waals surface area contributed by atoms with Crippen LogP contribution in [0.2, 0.25) is 0 Å². The molecule has 9 heteroatoms. The number of aromatic nitrogens is 2. The molecule has 0 aliphatic carbocycles. The fourth-order valence-electron chi connectivity index (χ4n) is 3.14. The van der Waals surface area contributed by atoms with Gasteiger partial charge in [0.05, 0.1) is 0 Å². The Bertz CT molecular complexity index is 848. The first kappa shape index (κ1) is 20.3. The van der Waals surface area contributed by atoms with Crippen LogP contribution in [-0.4, -0.2) is 39.1 Å². The van der Waals surface area contributed by atoms with Gasteiger partial charge in [-0.15, -0.1) is 0 Å². The number of anilines is 2. The van der Waals surface area contributed by atoms with E-state index >= 15 is 0 Å². The number of aryl methyl sites for hydroxylation is 2. The minimum atomic E-state index is -4.48. The number of likely N-dealkylation sites (tertiary alicyclic amines) is 1. The molecular formula is C19H22F3N5S. The molecule has 1 aromatic carbocycles. The van der Waals surface area contributed by atoms with Gasteiger partial charge in [0.2, 0.25) is 5.95 Å². The van der Waals surface area contributed by atoms with Gasteiger partial charge < -0.3 is 15.5 Å². The molecule has 1 aliphatic rings. The van der Waals surface area contributed by atoms with E-state index in [1.807, 2.05) is 26.0 Å². The minimum absolute atomic E-state index is 0.00337. The summed E-state index contributed by atoms with van der Waals surface area (Å²) in [6, 6.07) is 7.00. The molecule has 2 heterocycles. The molecule has 0 saturated carbocycles. The van der Waals surface area contributed by atoms with Crippen molar-refractivity contribution < 1.29 is 13.2 Å². The molecule has 0 spiro atoms. The van der Waals surface area contributed by atoms with Crippen LogP contribution in [0.15, 0.2) is 30.5 Å². The summed E-state index contributed by atoms with van der Waals surface area (Å²) in [5, 5.41) is 6.94.